The highest BCUT2D eigenvalue weighted by Gasteiger charge is 2.64. The number of terminal acetylenes is 1. The third-order valence-electron chi connectivity index (χ3n) is 3.70. The fourth-order valence-corrected chi connectivity index (χ4v) is 2.47. The van der Waals surface area contributed by atoms with E-state index < -0.39 is 30.4 Å². The summed E-state index contributed by atoms with van der Waals surface area (Å²) in [5.41, 5.74) is 4.15. The Morgan fingerprint density at radius 2 is 2.27 bits per heavy atom. The van der Waals surface area contributed by atoms with Crippen LogP contribution >= 0.6 is 0 Å². The number of halogens is 1. The highest BCUT2D eigenvalue weighted by atomic mass is 19.2. The number of nitrogens with zero attached hydrogens (tertiary/aromatic N) is 3. The van der Waals surface area contributed by atoms with E-state index in [2.05, 4.69) is 9.97 Å². The molecule has 5 N–H and O–H groups in total. The normalized spacial score (nSPS) is 34.9. The van der Waals surface area contributed by atoms with Crippen LogP contribution in [0.1, 0.15) is 6.23 Å². The molecule has 0 aromatic carbocycles. The molecule has 1 aliphatic rings. The van der Waals surface area contributed by atoms with Crippen molar-refractivity contribution in [1.82, 2.24) is 14.5 Å². The molecule has 8 nitrogen and oxygen atoms in total. The van der Waals surface area contributed by atoms with Crippen molar-refractivity contribution in [2.75, 3.05) is 12.3 Å². The van der Waals surface area contributed by atoms with Crippen LogP contribution in [0.2, 0.25) is 0 Å². The Balaban J connectivity index is 2.18. The van der Waals surface area contributed by atoms with Crippen molar-refractivity contribution >= 4 is 16.9 Å². The Morgan fingerprint density at radius 1 is 1.55 bits per heavy atom. The number of aliphatic hydroxyl groups excluding tert-OH is 2. The lowest BCUT2D eigenvalue weighted by Crippen LogP contribution is -2.49. The third kappa shape index (κ3) is 1.72. The van der Waals surface area contributed by atoms with Crippen LogP contribution in [0.3, 0.4) is 0 Å². The fraction of sp³-hybridized carbons (Fsp3) is 0.385. The van der Waals surface area contributed by atoms with Gasteiger partial charge in [0.1, 0.15) is 12.1 Å². The Bertz CT molecular complexity index is 775. The van der Waals surface area contributed by atoms with Crippen molar-refractivity contribution in [3.63, 3.8) is 0 Å². The van der Waals surface area contributed by atoms with Gasteiger partial charge in [-0.25, -0.2) is 14.4 Å². The first-order chi connectivity index (χ1) is 10.4. The second-order valence-electron chi connectivity index (χ2n) is 5.01. The van der Waals surface area contributed by atoms with Gasteiger partial charge in [-0.15, -0.1) is 6.42 Å². The smallest absolute Gasteiger partial charge is 0.264 e. The average molecular weight is 308 g/mol. The molecule has 0 amide bonds. The van der Waals surface area contributed by atoms with Crippen LogP contribution in [-0.2, 0) is 4.74 Å². The van der Waals surface area contributed by atoms with Gasteiger partial charge in [-0.3, -0.25) is 4.57 Å². The van der Waals surface area contributed by atoms with Gasteiger partial charge in [0.25, 0.3) is 5.85 Å². The maximum absolute atomic E-state index is 14.4. The summed E-state index contributed by atoms with van der Waals surface area (Å²) >= 11 is 0. The molecule has 9 heteroatoms. The summed E-state index contributed by atoms with van der Waals surface area (Å²) in [6, 6.07) is 1.52. The zero-order chi connectivity index (χ0) is 16.1. The summed E-state index contributed by atoms with van der Waals surface area (Å²) < 4.78 is 20.5. The number of fused-ring (bicyclic) bond motifs is 1. The number of pyridine rings is 1. The van der Waals surface area contributed by atoms with Gasteiger partial charge >= 0.3 is 0 Å². The molecule has 22 heavy (non-hydrogen) atoms. The molecule has 116 valence electrons. The number of hydrogen-bond acceptors (Lipinski definition) is 7. The maximum Gasteiger partial charge on any atom is 0.264 e. The predicted molar refractivity (Wildman–Crippen MR) is 72.8 cm³/mol. The molecule has 0 bridgehead atoms. The molecule has 1 aliphatic heterocycles. The van der Waals surface area contributed by atoms with E-state index >= 15 is 0 Å². The highest BCUT2D eigenvalue weighted by molar-refractivity contribution is 5.83. The second kappa shape index (κ2) is 4.62. The van der Waals surface area contributed by atoms with Crippen molar-refractivity contribution in [1.29, 1.82) is 0 Å². The van der Waals surface area contributed by atoms with E-state index in [-0.39, 0.29) is 5.65 Å². The van der Waals surface area contributed by atoms with Crippen LogP contribution in [0, 0.1) is 12.3 Å². The van der Waals surface area contributed by atoms with Crippen LogP contribution in [0.5, 0.6) is 0 Å². The van der Waals surface area contributed by atoms with Crippen LogP contribution < -0.4 is 5.73 Å². The molecular weight excluding hydrogens is 295 g/mol. The fourth-order valence-electron chi connectivity index (χ4n) is 2.47. The number of anilines is 1. The number of hydrogen-bond donors (Lipinski definition) is 4. The SMILES string of the molecule is C#C[C@]1(O)[C@H](n2cnc3c(N)ccnc32)O[C@](F)(CO)[C@H]1O. The molecule has 0 spiro atoms. The van der Waals surface area contributed by atoms with Gasteiger partial charge in [-0.2, -0.15) is 0 Å². The van der Waals surface area contributed by atoms with Gasteiger partial charge in [-0.05, 0) is 6.07 Å². The Hall–Kier alpha value is -2.25. The topological polar surface area (TPSA) is 127 Å². The molecule has 0 saturated carbocycles. The van der Waals surface area contributed by atoms with Gasteiger partial charge in [0.2, 0.25) is 5.60 Å². The van der Waals surface area contributed by atoms with Crippen molar-refractivity contribution in [3.05, 3.63) is 18.6 Å². The Labute approximate surface area is 124 Å². The quantitative estimate of drug-likeness (QED) is 0.520. The minimum atomic E-state index is -2.91. The Morgan fingerprint density at radius 3 is 2.91 bits per heavy atom. The number of aliphatic hydroxyl groups is 3. The van der Waals surface area contributed by atoms with Crippen LogP contribution in [-0.4, -0.2) is 54.0 Å². The minimum absolute atomic E-state index is 0.188. The molecule has 1 saturated heterocycles. The molecule has 3 rings (SSSR count). The summed E-state index contributed by atoms with van der Waals surface area (Å²) in [5.74, 6) is -0.995. The van der Waals surface area contributed by atoms with Crippen LogP contribution in [0.15, 0.2) is 18.6 Å². The molecule has 0 unspecified atom stereocenters. The van der Waals surface area contributed by atoms with Crippen molar-refractivity contribution in [3.8, 4) is 12.3 Å². The lowest BCUT2D eigenvalue weighted by Gasteiger charge is -2.26. The summed E-state index contributed by atoms with van der Waals surface area (Å²) in [6.45, 7) is -1.18. The van der Waals surface area contributed by atoms with E-state index in [1.807, 2.05) is 5.92 Å². The summed E-state index contributed by atoms with van der Waals surface area (Å²) in [7, 11) is 0. The van der Waals surface area contributed by atoms with Crippen LogP contribution in [0.4, 0.5) is 10.1 Å². The van der Waals surface area contributed by atoms with E-state index in [4.69, 9.17) is 22.0 Å². The largest absolute Gasteiger partial charge is 0.397 e. The number of aromatic nitrogens is 3. The monoisotopic (exact) mass is 308 g/mol. The molecule has 2 aromatic rings. The maximum atomic E-state index is 14.4. The standard InChI is InChI=1S/C13H13FN4O4/c1-2-12(21)10(20)13(14,5-19)22-11(12)18-6-17-8-7(15)3-4-16-9(8)18/h1,3-4,6,10-11,19-21H,5H2,(H2,15,16)/t10-,11+,12+,13+/m0/s1. The predicted octanol–water partition coefficient (Wildman–Crippen LogP) is -1.07. The molecule has 3 heterocycles. The van der Waals surface area contributed by atoms with E-state index in [0.717, 1.165) is 4.57 Å². The van der Waals surface area contributed by atoms with E-state index in [0.29, 0.717) is 11.2 Å². The molecule has 2 aromatic heterocycles. The summed E-state index contributed by atoms with van der Waals surface area (Å²) in [5, 5.41) is 29.5. The number of nitrogen functional groups attached to an aromatic ring is 1. The molecule has 0 radical (unpaired) electrons. The number of alkyl halides is 1. The first-order valence-corrected chi connectivity index (χ1v) is 6.30. The number of rotatable bonds is 2. The van der Waals surface area contributed by atoms with E-state index in [1.54, 1.807) is 0 Å². The molecule has 0 aliphatic carbocycles. The molecule has 4 atom stereocenters. The second-order valence-corrected chi connectivity index (χ2v) is 5.01. The highest BCUT2D eigenvalue weighted by Crippen LogP contribution is 2.45. The van der Waals surface area contributed by atoms with Crippen molar-refractivity contribution in [2.45, 2.75) is 23.8 Å². The average Bonchev–Trinajstić information content (AvgIpc) is 3.03. The number of imidazole rings is 1. The zero-order valence-electron chi connectivity index (χ0n) is 11.2. The van der Waals surface area contributed by atoms with Crippen molar-refractivity contribution in [2.24, 2.45) is 0 Å². The third-order valence-corrected chi connectivity index (χ3v) is 3.70. The molecule has 1 fully saturated rings. The summed E-state index contributed by atoms with van der Waals surface area (Å²) in [6.07, 6.45) is 4.14. The van der Waals surface area contributed by atoms with Gasteiger partial charge < -0.3 is 25.8 Å². The number of nitrogens with two attached hydrogens (primary N) is 1. The van der Waals surface area contributed by atoms with Gasteiger partial charge in [0, 0.05) is 6.20 Å². The van der Waals surface area contributed by atoms with E-state index in [1.165, 1.54) is 18.6 Å². The van der Waals surface area contributed by atoms with Gasteiger partial charge in [0.15, 0.2) is 18.0 Å². The van der Waals surface area contributed by atoms with E-state index in [9.17, 15) is 14.6 Å². The lowest BCUT2D eigenvalue weighted by atomic mass is 9.94. The van der Waals surface area contributed by atoms with Crippen LogP contribution in [0.25, 0.3) is 11.2 Å². The zero-order valence-corrected chi connectivity index (χ0v) is 11.2. The lowest BCUT2D eigenvalue weighted by molar-refractivity contribution is -0.206. The van der Waals surface area contributed by atoms with Gasteiger partial charge in [0.05, 0.1) is 12.0 Å². The first kappa shape index (κ1) is 14.7. The Kier molecular flexibility index (Phi) is 3.08. The number of ether oxygens (including phenoxy) is 1. The summed E-state index contributed by atoms with van der Waals surface area (Å²) in [4.78, 5) is 8.05. The van der Waals surface area contributed by atoms with Gasteiger partial charge in [-0.1, -0.05) is 5.92 Å². The molecular formula is C13H13FN4O4. The first-order valence-electron chi connectivity index (χ1n) is 6.30. The van der Waals surface area contributed by atoms with Crippen molar-refractivity contribution < 1.29 is 24.4 Å². The minimum Gasteiger partial charge on any atom is -0.397 e.